The molecule has 1 atom stereocenters. The first-order valence-electron chi connectivity index (χ1n) is 9.14. The van der Waals surface area contributed by atoms with Crippen LogP contribution >= 0.6 is 0 Å². The first-order valence-corrected chi connectivity index (χ1v) is 9.14. The van der Waals surface area contributed by atoms with Crippen molar-refractivity contribution in [1.82, 2.24) is 0 Å². The van der Waals surface area contributed by atoms with Gasteiger partial charge < -0.3 is 14.8 Å². The van der Waals surface area contributed by atoms with Gasteiger partial charge in [0.1, 0.15) is 16.9 Å². The lowest BCUT2D eigenvalue weighted by molar-refractivity contribution is -0.118. The van der Waals surface area contributed by atoms with Crippen molar-refractivity contribution in [3.63, 3.8) is 0 Å². The number of rotatable bonds is 3. The van der Waals surface area contributed by atoms with Gasteiger partial charge in [0.2, 0.25) is 5.91 Å². The van der Waals surface area contributed by atoms with Crippen LogP contribution in [-0.2, 0) is 10.2 Å². The van der Waals surface area contributed by atoms with Crippen molar-refractivity contribution in [2.24, 2.45) is 0 Å². The van der Waals surface area contributed by atoms with Crippen LogP contribution in [0.1, 0.15) is 22.3 Å². The quantitative estimate of drug-likeness (QED) is 0.745. The highest BCUT2D eigenvalue weighted by atomic mass is 16.5. The molecule has 0 aromatic heterocycles. The van der Waals surface area contributed by atoms with Gasteiger partial charge in [-0.05, 0) is 58.2 Å². The van der Waals surface area contributed by atoms with E-state index in [9.17, 15) is 4.79 Å². The summed E-state index contributed by atoms with van der Waals surface area (Å²) in [5, 5.41) is 3.05. The second-order valence-corrected chi connectivity index (χ2v) is 7.01. The number of carbonyl (C=O) groups is 1. The van der Waals surface area contributed by atoms with Crippen LogP contribution in [0.3, 0.4) is 0 Å². The molecule has 1 N–H and O–H groups in total. The Morgan fingerprint density at radius 2 is 1.54 bits per heavy atom. The molecule has 3 aromatic rings. The van der Waals surface area contributed by atoms with Gasteiger partial charge in [-0.15, -0.1) is 0 Å². The van der Waals surface area contributed by atoms with E-state index in [-0.39, 0.29) is 5.91 Å². The monoisotopic (exact) mass is 369 g/mol. The van der Waals surface area contributed by atoms with Crippen molar-refractivity contribution >= 4 is 17.2 Å². The number of amides is 1. The van der Waals surface area contributed by atoms with E-state index in [4.69, 9.17) is 9.47 Å². The molecule has 1 amide bonds. The normalized spacial score (nSPS) is 19.1. The van der Waals surface area contributed by atoms with Crippen molar-refractivity contribution in [2.45, 2.75) is 5.41 Å². The molecule has 0 unspecified atom stereocenters. The van der Waals surface area contributed by atoms with E-state index in [2.05, 4.69) is 11.4 Å². The van der Waals surface area contributed by atoms with Gasteiger partial charge in [0.25, 0.3) is 0 Å². The molecule has 1 aliphatic heterocycles. The summed E-state index contributed by atoms with van der Waals surface area (Å²) in [4.78, 5) is 13.3. The smallest absolute Gasteiger partial charge is 0.243 e. The summed E-state index contributed by atoms with van der Waals surface area (Å²) in [6, 6.07) is 21.7. The zero-order valence-corrected chi connectivity index (χ0v) is 15.7. The molecule has 4 heteroatoms. The fourth-order valence-electron chi connectivity index (χ4n) is 4.28. The molecule has 0 saturated heterocycles. The van der Waals surface area contributed by atoms with E-state index >= 15 is 0 Å². The molecular formula is C24H19NO3. The molecule has 0 saturated carbocycles. The molecule has 4 nitrogen and oxygen atoms in total. The highest BCUT2D eigenvalue weighted by Crippen LogP contribution is 2.53. The summed E-state index contributed by atoms with van der Waals surface area (Å²) in [6.45, 7) is 0. The van der Waals surface area contributed by atoms with Gasteiger partial charge in [0.15, 0.2) is 0 Å². The minimum Gasteiger partial charge on any atom is -0.497 e. The molecule has 3 aromatic carbocycles. The summed E-state index contributed by atoms with van der Waals surface area (Å²) in [5.74, 6) is 1.50. The van der Waals surface area contributed by atoms with Gasteiger partial charge in [-0.25, -0.2) is 0 Å². The van der Waals surface area contributed by atoms with Crippen molar-refractivity contribution in [2.75, 3.05) is 19.5 Å². The lowest BCUT2D eigenvalue weighted by atomic mass is 9.77. The predicted octanol–water partition coefficient (Wildman–Crippen LogP) is 4.39. The number of hydrogen-bond donors (Lipinski definition) is 1. The Kier molecular flexibility index (Phi) is 3.56. The minimum atomic E-state index is -0.851. The number of carbonyl (C=O) groups excluding carboxylic acids is 1. The van der Waals surface area contributed by atoms with Crippen LogP contribution in [0.4, 0.5) is 5.69 Å². The Hall–Kier alpha value is -3.53. The fraction of sp³-hybridized carbons (Fsp3) is 0.125. The third kappa shape index (κ3) is 2.15. The Balaban J connectivity index is 1.78. The van der Waals surface area contributed by atoms with E-state index in [0.717, 1.165) is 45.0 Å². The summed E-state index contributed by atoms with van der Waals surface area (Å²) in [6.07, 6.45) is 2.08. The van der Waals surface area contributed by atoms with Crippen molar-refractivity contribution in [3.8, 4) is 11.5 Å². The SMILES string of the molecule is COc1ccc(C2=C[C@@]3(C(=O)Nc4ccccc43)c3cc(OC)ccc32)cc1. The Morgan fingerprint density at radius 3 is 2.29 bits per heavy atom. The Bertz CT molecular complexity index is 1130. The van der Waals surface area contributed by atoms with E-state index in [1.807, 2.05) is 66.7 Å². The van der Waals surface area contributed by atoms with Crippen LogP contribution in [-0.4, -0.2) is 20.1 Å². The highest BCUT2D eigenvalue weighted by Gasteiger charge is 2.51. The minimum absolute atomic E-state index is 0.0354. The maximum absolute atomic E-state index is 13.3. The van der Waals surface area contributed by atoms with Crippen molar-refractivity contribution < 1.29 is 14.3 Å². The van der Waals surface area contributed by atoms with Crippen LogP contribution in [0.25, 0.3) is 5.57 Å². The number of fused-ring (bicyclic) bond motifs is 4. The van der Waals surface area contributed by atoms with Crippen LogP contribution in [0.15, 0.2) is 72.8 Å². The number of hydrogen-bond acceptors (Lipinski definition) is 3. The first-order chi connectivity index (χ1) is 13.7. The summed E-state index contributed by atoms with van der Waals surface area (Å²) < 4.78 is 10.8. The molecule has 1 spiro atoms. The maximum atomic E-state index is 13.3. The van der Waals surface area contributed by atoms with E-state index in [0.29, 0.717) is 0 Å². The molecule has 1 heterocycles. The number of ether oxygens (including phenoxy) is 2. The third-order valence-electron chi connectivity index (χ3n) is 5.66. The Morgan fingerprint density at radius 1 is 0.821 bits per heavy atom. The molecular weight excluding hydrogens is 350 g/mol. The zero-order valence-electron chi connectivity index (χ0n) is 15.7. The summed E-state index contributed by atoms with van der Waals surface area (Å²) >= 11 is 0. The van der Waals surface area contributed by atoms with E-state index in [1.54, 1.807) is 14.2 Å². The summed E-state index contributed by atoms with van der Waals surface area (Å²) in [5.41, 5.74) is 5.04. The number of anilines is 1. The van der Waals surface area contributed by atoms with E-state index in [1.165, 1.54) is 0 Å². The van der Waals surface area contributed by atoms with Gasteiger partial charge in [-0.3, -0.25) is 4.79 Å². The van der Waals surface area contributed by atoms with Gasteiger partial charge in [0, 0.05) is 5.69 Å². The molecule has 0 radical (unpaired) electrons. The molecule has 5 rings (SSSR count). The molecule has 138 valence electrons. The average Bonchev–Trinajstić information content (AvgIpc) is 3.24. The van der Waals surface area contributed by atoms with Crippen LogP contribution in [0.5, 0.6) is 11.5 Å². The van der Waals surface area contributed by atoms with E-state index < -0.39 is 5.41 Å². The maximum Gasteiger partial charge on any atom is 0.243 e. The molecule has 1 aliphatic carbocycles. The van der Waals surface area contributed by atoms with Gasteiger partial charge in [-0.1, -0.05) is 42.5 Å². The van der Waals surface area contributed by atoms with Crippen LogP contribution in [0.2, 0.25) is 0 Å². The zero-order chi connectivity index (χ0) is 19.3. The van der Waals surface area contributed by atoms with Crippen LogP contribution in [0, 0.1) is 0 Å². The third-order valence-corrected chi connectivity index (χ3v) is 5.66. The lowest BCUT2D eigenvalue weighted by Crippen LogP contribution is -2.32. The Labute approximate surface area is 163 Å². The second-order valence-electron chi connectivity index (χ2n) is 7.01. The van der Waals surface area contributed by atoms with Gasteiger partial charge in [0.05, 0.1) is 14.2 Å². The predicted molar refractivity (Wildman–Crippen MR) is 109 cm³/mol. The second kappa shape index (κ2) is 5.99. The topological polar surface area (TPSA) is 47.6 Å². The first kappa shape index (κ1) is 16.6. The van der Waals surface area contributed by atoms with Gasteiger partial charge >= 0.3 is 0 Å². The highest BCUT2D eigenvalue weighted by molar-refractivity contribution is 6.14. The molecule has 0 fully saturated rings. The number of benzene rings is 3. The average molecular weight is 369 g/mol. The van der Waals surface area contributed by atoms with Crippen molar-refractivity contribution in [1.29, 1.82) is 0 Å². The molecule has 28 heavy (non-hydrogen) atoms. The summed E-state index contributed by atoms with van der Waals surface area (Å²) in [7, 11) is 3.30. The largest absolute Gasteiger partial charge is 0.497 e. The molecule has 2 aliphatic rings. The standard InChI is InChI=1S/C24H19NO3/c1-27-16-9-7-15(8-10-16)19-14-24(21-13-17(28-2)11-12-18(19)21)20-5-3-4-6-22(20)25-23(24)26/h3-14H,1-2H3,(H,25,26)/t24-/m0/s1. The lowest BCUT2D eigenvalue weighted by Gasteiger charge is -2.22. The van der Waals surface area contributed by atoms with Gasteiger partial charge in [-0.2, -0.15) is 0 Å². The number of methoxy groups -OCH3 is 2. The van der Waals surface area contributed by atoms with Crippen LogP contribution < -0.4 is 14.8 Å². The fourth-order valence-corrected chi connectivity index (χ4v) is 4.28. The van der Waals surface area contributed by atoms with Crippen molar-refractivity contribution in [3.05, 3.63) is 95.1 Å². The molecule has 0 bridgehead atoms. The number of para-hydroxylation sites is 1. The number of nitrogens with one attached hydrogen (secondary N) is 1.